The van der Waals surface area contributed by atoms with Crippen molar-refractivity contribution in [3.63, 3.8) is 0 Å². The molecule has 0 aliphatic heterocycles. The van der Waals surface area contributed by atoms with E-state index >= 15 is 0 Å². The van der Waals surface area contributed by atoms with Gasteiger partial charge in [0.25, 0.3) is 5.91 Å². The van der Waals surface area contributed by atoms with Crippen molar-refractivity contribution in [1.29, 1.82) is 0 Å². The summed E-state index contributed by atoms with van der Waals surface area (Å²) in [7, 11) is 1.81. The molecule has 0 saturated heterocycles. The van der Waals surface area contributed by atoms with Crippen molar-refractivity contribution in [2.75, 3.05) is 25.6 Å². The maximum Gasteiger partial charge on any atom is 0.274 e. The van der Waals surface area contributed by atoms with Crippen molar-refractivity contribution in [2.24, 2.45) is 5.73 Å². The summed E-state index contributed by atoms with van der Waals surface area (Å²) in [6.45, 7) is 3.26. The van der Waals surface area contributed by atoms with Crippen LogP contribution in [0.3, 0.4) is 0 Å². The molecule has 1 aromatic heterocycles. The van der Waals surface area contributed by atoms with Crippen LogP contribution in [-0.4, -0.2) is 52.0 Å². The van der Waals surface area contributed by atoms with Crippen LogP contribution >= 0.6 is 11.8 Å². The Kier molecular flexibility index (Phi) is 5.50. The molecule has 96 valence electrons. The molecule has 2 N–H and O–H groups in total. The van der Waals surface area contributed by atoms with Crippen LogP contribution in [0.5, 0.6) is 0 Å². The molecule has 5 nitrogen and oxygen atoms in total. The molecule has 0 aliphatic carbocycles. The molecule has 0 spiro atoms. The van der Waals surface area contributed by atoms with Gasteiger partial charge in [-0.05, 0) is 13.2 Å². The second-order valence-electron chi connectivity index (χ2n) is 4.01. The first-order chi connectivity index (χ1) is 8.10. The quantitative estimate of drug-likeness (QED) is 0.812. The zero-order valence-electron chi connectivity index (χ0n) is 10.6. The van der Waals surface area contributed by atoms with Gasteiger partial charge < -0.3 is 15.2 Å². The van der Waals surface area contributed by atoms with Crippen LogP contribution in [0.4, 0.5) is 0 Å². The number of nitrogens with two attached hydrogens (primary N) is 1. The lowest BCUT2D eigenvalue weighted by Crippen LogP contribution is -2.36. The van der Waals surface area contributed by atoms with Gasteiger partial charge in [0.2, 0.25) is 0 Å². The minimum Gasteiger partial charge on any atom is -0.337 e. The highest BCUT2D eigenvalue weighted by Crippen LogP contribution is 2.08. The lowest BCUT2D eigenvalue weighted by molar-refractivity contribution is 0.0752. The molecule has 1 heterocycles. The Balaban J connectivity index is 2.67. The number of carbonyl (C=O) groups excluding carboxylic acids is 1. The molecule has 0 bridgehead atoms. The number of imidazole rings is 1. The average molecular weight is 256 g/mol. The first-order valence-corrected chi connectivity index (χ1v) is 6.97. The Morgan fingerprint density at radius 1 is 1.71 bits per heavy atom. The predicted molar refractivity (Wildman–Crippen MR) is 71.2 cm³/mol. The van der Waals surface area contributed by atoms with Gasteiger partial charge >= 0.3 is 0 Å². The number of hydrogen-bond donors (Lipinski definition) is 1. The first-order valence-electron chi connectivity index (χ1n) is 5.58. The second kappa shape index (κ2) is 6.66. The lowest BCUT2D eigenvalue weighted by atomic mass is 10.3. The normalized spacial score (nSPS) is 12.5. The molecule has 1 aromatic rings. The molecule has 1 rings (SSSR count). The molecular formula is C11H20N4OS. The van der Waals surface area contributed by atoms with Gasteiger partial charge in [0.05, 0.1) is 6.33 Å². The topological polar surface area (TPSA) is 64.2 Å². The minimum absolute atomic E-state index is 0.0395. The van der Waals surface area contributed by atoms with Gasteiger partial charge in [0.1, 0.15) is 5.69 Å². The Labute approximate surface area is 106 Å². The SMILES string of the molecule is CSCC(C)N(C)C(=O)c1cn(CCN)cn1. The van der Waals surface area contributed by atoms with Gasteiger partial charge in [-0.1, -0.05) is 0 Å². The first kappa shape index (κ1) is 14.1. The van der Waals surface area contributed by atoms with Crippen LogP contribution in [-0.2, 0) is 6.54 Å². The maximum atomic E-state index is 12.1. The molecule has 1 amide bonds. The van der Waals surface area contributed by atoms with E-state index in [2.05, 4.69) is 4.98 Å². The third kappa shape index (κ3) is 3.74. The van der Waals surface area contributed by atoms with Gasteiger partial charge in [-0.3, -0.25) is 4.79 Å². The van der Waals surface area contributed by atoms with Crippen LogP contribution in [0.25, 0.3) is 0 Å². The van der Waals surface area contributed by atoms with E-state index in [1.165, 1.54) is 0 Å². The van der Waals surface area contributed by atoms with Gasteiger partial charge in [0.15, 0.2) is 0 Å². The summed E-state index contributed by atoms with van der Waals surface area (Å²) < 4.78 is 1.83. The van der Waals surface area contributed by atoms with E-state index in [1.54, 1.807) is 29.2 Å². The standard InChI is InChI=1S/C11H20N4OS/c1-9(7-17-3)14(2)11(16)10-6-15(5-4-12)8-13-10/h6,8-9H,4-5,7,12H2,1-3H3. The van der Waals surface area contributed by atoms with Gasteiger partial charge in [0, 0.05) is 38.1 Å². The Hall–Kier alpha value is -1.01. The average Bonchev–Trinajstić information content (AvgIpc) is 2.76. The van der Waals surface area contributed by atoms with Crippen LogP contribution in [0.2, 0.25) is 0 Å². The van der Waals surface area contributed by atoms with E-state index in [9.17, 15) is 4.79 Å². The zero-order chi connectivity index (χ0) is 12.8. The van der Waals surface area contributed by atoms with Crippen LogP contribution in [0.15, 0.2) is 12.5 Å². The fourth-order valence-electron chi connectivity index (χ4n) is 1.48. The van der Waals surface area contributed by atoms with Crippen molar-refractivity contribution >= 4 is 17.7 Å². The number of aromatic nitrogens is 2. The largest absolute Gasteiger partial charge is 0.337 e. The van der Waals surface area contributed by atoms with Gasteiger partial charge in [-0.15, -0.1) is 0 Å². The van der Waals surface area contributed by atoms with Crippen molar-refractivity contribution in [1.82, 2.24) is 14.5 Å². The highest BCUT2D eigenvalue weighted by Gasteiger charge is 2.18. The molecular weight excluding hydrogens is 236 g/mol. The zero-order valence-corrected chi connectivity index (χ0v) is 11.4. The van der Waals surface area contributed by atoms with Crippen molar-refractivity contribution in [3.8, 4) is 0 Å². The molecule has 0 radical (unpaired) electrons. The molecule has 1 atom stereocenters. The summed E-state index contributed by atoms with van der Waals surface area (Å²) in [5, 5.41) is 0. The number of amides is 1. The highest BCUT2D eigenvalue weighted by atomic mass is 32.2. The predicted octanol–water partition coefficient (Wildman–Crippen LogP) is 0.665. The fraction of sp³-hybridized carbons (Fsp3) is 0.636. The van der Waals surface area contributed by atoms with Gasteiger partial charge in [-0.2, -0.15) is 11.8 Å². The summed E-state index contributed by atoms with van der Waals surface area (Å²) in [6.07, 6.45) is 5.43. The Bertz CT molecular complexity index is 366. The third-order valence-electron chi connectivity index (χ3n) is 2.63. The Morgan fingerprint density at radius 3 is 3.00 bits per heavy atom. The molecule has 0 fully saturated rings. The van der Waals surface area contributed by atoms with Crippen molar-refractivity contribution in [2.45, 2.75) is 19.5 Å². The number of carbonyl (C=O) groups is 1. The monoisotopic (exact) mass is 256 g/mol. The number of nitrogens with zero attached hydrogens (tertiary/aromatic N) is 3. The molecule has 0 aliphatic rings. The van der Waals surface area contributed by atoms with E-state index in [1.807, 2.05) is 24.8 Å². The summed E-state index contributed by atoms with van der Waals surface area (Å²) >= 11 is 1.73. The molecule has 0 saturated carbocycles. The maximum absolute atomic E-state index is 12.1. The van der Waals surface area contributed by atoms with Crippen molar-refractivity contribution < 1.29 is 4.79 Å². The summed E-state index contributed by atoms with van der Waals surface area (Å²) in [5.41, 5.74) is 5.93. The van der Waals surface area contributed by atoms with E-state index < -0.39 is 0 Å². The van der Waals surface area contributed by atoms with E-state index in [4.69, 9.17) is 5.73 Å². The van der Waals surface area contributed by atoms with E-state index in [-0.39, 0.29) is 11.9 Å². The van der Waals surface area contributed by atoms with Crippen LogP contribution < -0.4 is 5.73 Å². The highest BCUT2D eigenvalue weighted by molar-refractivity contribution is 7.98. The van der Waals surface area contributed by atoms with Crippen LogP contribution in [0.1, 0.15) is 17.4 Å². The van der Waals surface area contributed by atoms with E-state index in [0.29, 0.717) is 18.8 Å². The van der Waals surface area contributed by atoms with Crippen molar-refractivity contribution in [3.05, 3.63) is 18.2 Å². The third-order valence-corrected chi connectivity index (χ3v) is 3.44. The summed E-state index contributed by atoms with van der Waals surface area (Å²) in [6, 6.07) is 0.206. The molecule has 17 heavy (non-hydrogen) atoms. The lowest BCUT2D eigenvalue weighted by Gasteiger charge is -2.23. The minimum atomic E-state index is -0.0395. The second-order valence-corrected chi connectivity index (χ2v) is 4.92. The molecule has 6 heteroatoms. The van der Waals surface area contributed by atoms with Gasteiger partial charge in [-0.25, -0.2) is 4.98 Å². The molecule has 1 unspecified atom stereocenters. The Morgan fingerprint density at radius 2 is 2.41 bits per heavy atom. The number of thioether (sulfide) groups is 1. The number of hydrogen-bond acceptors (Lipinski definition) is 4. The summed E-state index contributed by atoms with van der Waals surface area (Å²) in [4.78, 5) is 17.9. The smallest absolute Gasteiger partial charge is 0.274 e. The molecule has 0 aromatic carbocycles. The van der Waals surface area contributed by atoms with Crippen LogP contribution in [0, 0.1) is 0 Å². The van der Waals surface area contributed by atoms with E-state index in [0.717, 1.165) is 5.75 Å². The number of rotatable bonds is 6. The fourth-order valence-corrected chi connectivity index (χ4v) is 2.18. The summed E-state index contributed by atoms with van der Waals surface area (Å²) in [5.74, 6) is 0.883.